The minimum Gasteiger partial charge on any atom is -0.396 e. The number of amides is 1. The molecule has 3 heteroatoms. The third-order valence-corrected chi connectivity index (χ3v) is 2.17. The van der Waals surface area contributed by atoms with E-state index < -0.39 is 0 Å². The number of aliphatic hydroxyl groups excluding tert-OH is 1. The van der Waals surface area contributed by atoms with Crippen LogP contribution < -0.4 is 5.32 Å². The summed E-state index contributed by atoms with van der Waals surface area (Å²) in [5.74, 6) is 0.0848. The van der Waals surface area contributed by atoms with E-state index in [9.17, 15) is 4.79 Å². The van der Waals surface area contributed by atoms with Gasteiger partial charge >= 0.3 is 0 Å². The highest BCUT2D eigenvalue weighted by Gasteiger charge is 2.36. The summed E-state index contributed by atoms with van der Waals surface area (Å²) in [5.41, 5.74) is -0.297. The summed E-state index contributed by atoms with van der Waals surface area (Å²) < 4.78 is 0. The fourth-order valence-electron chi connectivity index (χ4n) is 1.26. The number of hydrogen-bond acceptors (Lipinski definition) is 2. The lowest BCUT2D eigenvalue weighted by Gasteiger charge is -2.17. The van der Waals surface area contributed by atoms with Crippen LogP contribution in [-0.4, -0.2) is 24.2 Å². The second-order valence-corrected chi connectivity index (χ2v) is 3.04. The monoisotopic (exact) mass is 143 g/mol. The molecule has 0 aliphatic carbocycles. The van der Waals surface area contributed by atoms with Crippen molar-refractivity contribution in [3.63, 3.8) is 0 Å². The van der Waals surface area contributed by atoms with Crippen molar-refractivity contribution in [3.8, 4) is 0 Å². The van der Waals surface area contributed by atoms with Gasteiger partial charge in [-0.1, -0.05) is 6.92 Å². The van der Waals surface area contributed by atoms with Crippen molar-refractivity contribution in [2.24, 2.45) is 5.41 Å². The highest BCUT2D eigenvalue weighted by Crippen LogP contribution is 2.29. The Morgan fingerprint density at radius 2 is 2.50 bits per heavy atom. The van der Waals surface area contributed by atoms with E-state index in [1.165, 1.54) is 0 Å². The zero-order valence-electron chi connectivity index (χ0n) is 6.18. The fourth-order valence-corrected chi connectivity index (χ4v) is 1.26. The van der Waals surface area contributed by atoms with E-state index >= 15 is 0 Å². The molecule has 0 spiro atoms. The standard InChI is InChI=1S/C7H13NO2/c1-7(3-5-9)2-4-8-6(7)10/h9H,2-5H2,1H3,(H,8,10). The fraction of sp³-hybridized carbons (Fsp3) is 0.857. The van der Waals surface area contributed by atoms with Crippen LogP contribution in [0.5, 0.6) is 0 Å². The molecule has 10 heavy (non-hydrogen) atoms. The van der Waals surface area contributed by atoms with Gasteiger partial charge in [0.15, 0.2) is 0 Å². The van der Waals surface area contributed by atoms with Crippen LogP contribution in [0.1, 0.15) is 19.8 Å². The first-order chi connectivity index (χ1) is 4.69. The molecule has 1 rings (SSSR count). The smallest absolute Gasteiger partial charge is 0.226 e. The van der Waals surface area contributed by atoms with E-state index in [4.69, 9.17) is 5.11 Å². The quantitative estimate of drug-likeness (QED) is 0.567. The highest BCUT2D eigenvalue weighted by atomic mass is 16.3. The number of nitrogens with one attached hydrogen (secondary N) is 1. The topological polar surface area (TPSA) is 49.3 Å². The van der Waals surface area contributed by atoms with Gasteiger partial charge in [0, 0.05) is 13.2 Å². The first-order valence-corrected chi connectivity index (χ1v) is 3.58. The molecule has 0 saturated carbocycles. The van der Waals surface area contributed by atoms with Gasteiger partial charge in [0.25, 0.3) is 0 Å². The largest absolute Gasteiger partial charge is 0.396 e. The first-order valence-electron chi connectivity index (χ1n) is 3.58. The van der Waals surface area contributed by atoms with Gasteiger partial charge in [0.05, 0.1) is 5.41 Å². The van der Waals surface area contributed by atoms with Gasteiger partial charge < -0.3 is 10.4 Å². The lowest BCUT2D eigenvalue weighted by atomic mass is 9.86. The van der Waals surface area contributed by atoms with Crippen molar-refractivity contribution in [2.45, 2.75) is 19.8 Å². The lowest BCUT2D eigenvalue weighted by Crippen LogP contribution is -2.29. The maximum atomic E-state index is 11.1. The molecular formula is C7H13NO2. The Hall–Kier alpha value is -0.570. The summed E-state index contributed by atoms with van der Waals surface area (Å²) in [7, 11) is 0. The molecule has 0 aromatic carbocycles. The second-order valence-electron chi connectivity index (χ2n) is 3.04. The molecule has 0 aromatic rings. The van der Waals surface area contributed by atoms with Crippen molar-refractivity contribution < 1.29 is 9.90 Å². The summed E-state index contributed by atoms with van der Waals surface area (Å²) in [6.45, 7) is 2.75. The molecule has 0 aromatic heterocycles. The van der Waals surface area contributed by atoms with Crippen LogP contribution >= 0.6 is 0 Å². The Morgan fingerprint density at radius 1 is 1.80 bits per heavy atom. The maximum Gasteiger partial charge on any atom is 0.226 e. The highest BCUT2D eigenvalue weighted by molar-refractivity contribution is 5.84. The van der Waals surface area contributed by atoms with Crippen LogP contribution in [0.3, 0.4) is 0 Å². The van der Waals surface area contributed by atoms with Crippen molar-refractivity contribution >= 4 is 5.91 Å². The molecular weight excluding hydrogens is 130 g/mol. The van der Waals surface area contributed by atoms with Gasteiger partial charge in [-0.05, 0) is 12.8 Å². The predicted molar refractivity (Wildman–Crippen MR) is 37.4 cm³/mol. The SMILES string of the molecule is CC1(CCO)CCNC1=O. The summed E-state index contributed by atoms with van der Waals surface area (Å²) in [6.07, 6.45) is 1.44. The molecule has 1 amide bonds. The van der Waals surface area contributed by atoms with Gasteiger partial charge in [-0.2, -0.15) is 0 Å². The van der Waals surface area contributed by atoms with E-state index in [2.05, 4.69) is 5.32 Å². The molecule has 0 radical (unpaired) electrons. The summed E-state index contributed by atoms with van der Waals surface area (Å²) >= 11 is 0. The van der Waals surface area contributed by atoms with Gasteiger partial charge in [0.1, 0.15) is 0 Å². The predicted octanol–water partition coefficient (Wildman–Crippen LogP) is -0.105. The Bertz CT molecular complexity index is 147. The zero-order chi connectivity index (χ0) is 7.61. The Kier molecular flexibility index (Phi) is 1.94. The molecule has 2 N–H and O–H groups in total. The van der Waals surface area contributed by atoms with Crippen LogP contribution in [-0.2, 0) is 4.79 Å². The minimum atomic E-state index is -0.297. The molecule has 1 heterocycles. The van der Waals surface area contributed by atoms with Crippen molar-refractivity contribution in [3.05, 3.63) is 0 Å². The number of carbonyl (C=O) groups is 1. The molecule has 1 saturated heterocycles. The number of aliphatic hydroxyl groups is 1. The van der Waals surface area contributed by atoms with Gasteiger partial charge in [0.2, 0.25) is 5.91 Å². The summed E-state index contributed by atoms with van der Waals surface area (Å²) in [6, 6.07) is 0. The van der Waals surface area contributed by atoms with Crippen molar-refractivity contribution in [1.82, 2.24) is 5.32 Å². The molecule has 1 fully saturated rings. The number of carbonyl (C=O) groups excluding carboxylic acids is 1. The minimum absolute atomic E-state index is 0.0848. The second kappa shape index (κ2) is 2.58. The number of hydrogen-bond donors (Lipinski definition) is 2. The van der Waals surface area contributed by atoms with Crippen molar-refractivity contribution in [1.29, 1.82) is 0 Å². The summed E-state index contributed by atoms with van der Waals surface area (Å²) in [4.78, 5) is 11.1. The lowest BCUT2D eigenvalue weighted by molar-refractivity contribution is -0.127. The first kappa shape index (κ1) is 7.54. The molecule has 0 bridgehead atoms. The van der Waals surface area contributed by atoms with Crippen LogP contribution in [0.15, 0.2) is 0 Å². The average Bonchev–Trinajstić information content (AvgIpc) is 2.15. The van der Waals surface area contributed by atoms with Crippen LogP contribution in [0, 0.1) is 5.41 Å². The molecule has 1 unspecified atom stereocenters. The molecule has 3 nitrogen and oxygen atoms in total. The van der Waals surface area contributed by atoms with E-state index in [1.807, 2.05) is 6.92 Å². The maximum absolute atomic E-state index is 11.1. The van der Waals surface area contributed by atoms with E-state index in [1.54, 1.807) is 0 Å². The Balaban J connectivity index is 2.57. The van der Waals surface area contributed by atoms with Crippen LogP contribution in [0.4, 0.5) is 0 Å². The van der Waals surface area contributed by atoms with E-state index in [0.717, 1.165) is 13.0 Å². The molecule has 1 atom stereocenters. The third-order valence-electron chi connectivity index (χ3n) is 2.17. The summed E-state index contributed by atoms with van der Waals surface area (Å²) in [5, 5.41) is 11.4. The number of rotatable bonds is 2. The van der Waals surface area contributed by atoms with E-state index in [0.29, 0.717) is 6.42 Å². The Morgan fingerprint density at radius 3 is 2.90 bits per heavy atom. The molecule has 1 aliphatic heterocycles. The normalized spacial score (nSPS) is 32.4. The molecule has 58 valence electrons. The Labute approximate surface area is 60.4 Å². The van der Waals surface area contributed by atoms with Crippen molar-refractivity contribution in [2.75, 3.05) is 13.2 Å². The molecule has 1 aliphatic rings. The van der Waals surface area contributed by atoms with Gasteiger partial charge in [-0.15, -0.1) is 0 Å². The van der Waals surface area contributed by atoms with E-state index in [-0.39, 0.29) is 17.9 Å². The zero-order valence-corrected chi connectivity index (χ0v) is 6.18. The van der Waals surface area contributed by atoms with Gasteiger partial charge in [-0.3, -0.25) is 4.79 Å². The average molecular weight is 143 g/mol. The van der Waals surface area contributed by atoms with Crippen LogP contribution in [0.2, 0.25) is 0 Å². The van der Waals surface area contributed by atoms with Gasteiger partial charge in [-0.25, -0.2) is 0 Å². The third kappa shape index (κ3) is 1.14. The van der Waals surface area contributed by atoms with Crippen LogP contribution in [0.25, 0.3) is 0 Å².